The second kappa shape index (κ2) is 6.55. The molecule has 3 nitrogen and oxygen atoms in total. The number of aromatic nitrogens is 1. The highest BCUT2D eigenvalue weighted by Crippen LogP contribution is 2.30. The maximum Gasteiger partial charge on any atom is 0.0643 e. The molecule has 0 aliphatic heterocycles. The molecule has 0 fully saturated rings. The van der Waals surface area contributed by atoms with Crippen LogP contribution in [0, 0.1) is 0 Å². The molecule has 100 valence electrons. The van der Waals surface area contributed by atoms with E-state index in [-0.39, 0.29) is 0 Å². The SMILES string of the molecule is CCN(Cc1ccccn1)c1c(Cl)cccc1CN. The summed E-state index contributed by atoms with van der Waals surface area (Å²) in [5.74, 6) is 0. The minimum Gasteiger partial charge on any atom is -0.364 e. The first-order chi connectivity index (χ1) is 9.26. The van der Waals surface area contributed by atoms with Gasteiger partial charge in [0.25, 0.3) is 0 Å². The largest absolute Gasteiger partial charge is 0.364 e. The van der Waals surface area contributed by atoms with Gasteiger partial charge in [-0.3, -0.25) is 4.98 Å². The third kappa shape index (κ3) is 3.25. The Labute approximate surface area is 119 Å². The highest BCUT2D eigenvalue weighted by molar-refractivity contribution is 6.33. The molecule has 1 heterocycles. The lowest BCUT2D eigenvalue weighted by atomic mass is 10.1. The van der Waals surface area contributed by atoms with Crippen molar-refractivity contribution in [2.75, 3.05) is 11.4 Å². The maximum atomic E-state index is 6.33. The van der Waals surface area contributed by atoms with Gasteiger partial charge >= 0.3 is 0 Å². The van der Waals surface area contributed by atoms with Crippen molar-refractivity contribution in [3.63, 3.8) is 0 Å². The zero-order valence-corrected chi connectivity index (χ0v) is 11.8. The van der Waals surface area contributed by atoms with Crippen molar-refractivity contribution in [3.05, 3.63) is 58.9 Å². The second-order valence-corrected chi connectivity index (χ2v) is 4.69. The number of benzene rings is 1. The van der Waals surface area contributed by atoms with E-state index in [4.69, 9.17) is 17.3 Å². The molecule has 4 heteroatoms. The van der Waals surface area contributed by atoms with E-state index in [1.165, 1.54) is 0 Å². The van der Waals surface area contributed by atoms with E-state index in [0.29, 0.717) is 6.54 Å². The van der Waals surface area contributed by atoms with Crippen LogP contribution in [-0.4, -0.2) is 11.5 Å². The highest BCUT2D eigenvalue weighted by Gasteiger charge is 2.13. The van der Waals surface area contributed by atoms with Gasteiger partial charge in [0.15, 0.2) is 0 Å². The Balaban J connectivity index is 2.32. The molecule has 0 amide bonds. The lowest BCUT2D eigenvalue weighted by Crippen LogP contribution is -2.24. The Kier molecular flexibility index (Phi) is 4.77. The Morgan fingerprint density at radius 1 is 1.21 bits per heavy atom. The van der Waals surface area contributed by atoms with E-state index < -0.39 is 0 Å². The third-order valence-electron chi connectivity index (χ3n) is 3.07. The Morgan fingerprint density at radius 2 is 2.05 bits per heavy atom. The predicted octanol–water partition coefficient (Wildman–Crippen LogP) is 3.22. The first-order valence-electron chi connectivity index (χ1n) is 6.38. The Bertz CT molecular complexity index is 528. The molecule has 0 spiro atoms. The van der Waals surface area contributed by atoms with Gasteiger partial charge in [0.05, 0.1) is 22.9 Å². The van der Waals surface area contributed by atoms with Crippen LogP contribution in [0.5, 0.6) is 0 Å². The fraction of sp³-hybridized carbons (Fsp3) is 0.267. The third-order valence-corrected chi connectivity index (χ3v) is 3.37. The average molecular weight is 276 g/mol. The molecular weight excluding hydrogens is 258 g/mol. The first kappa shape index (κ1) is 13.8. The number of halogens is 1. The molecule has 0 aliphatic rings. The van der Waals surface area contributed by atoms with E-state index in [2.05, 4.69) is 16.8 Å². The van der Waals surface area contributed by atoms with Crippen LogP contribution in [0.3, 0.4) is 0 Å². The van der Waals surface area contributed by atoms with Crippen molar-refractivity contribution in [3.8, 4) is 0 Å². The van der Waals surface area contributed by atoms with Crippen LogP contribution in [0.1, 0.15) is 18.2 Å². The quantitative estimate of drug-likeness (QED) is 0.911. The number of pyridine rings is 1. The van der Waals surface area contributed by atoms with Gasteiger partial charge in [0, 0.05) is 19.3 Å². The van der Waals surface area contributed by atoms with Gasteiger partial charge in [-0.25, -0.2) is 0 Å². The Morgan fingerprint density at radius 3 is 2.68 bits per heavy atom. The smallest absolute Gasteiger partial charge is 0.0643 e. The summed E-state index contributed by atoms with van der Waals surface area (Å²) in [6, 6.07) is 11.8. The lowest BCUT2D eigenvalue weighted by Gasteiger charge is -2.26. The number of rotatable bonds is 5. The van der Waals surface area contributed by atoms with Crippen molar-refractivity contribution >= 4 is 17.3 Å². The fourth-order valence-corrected chi connectivity index (χ4v) is 2.43. The second-order valence-electron chi connectivity index (χ2n) is 4.29. The molecule has 1 aromatic carbocycles. The van der Waals surface area contributed by atoms with Gasteiger partial charge < -0.3 is 10.6 Å². The molecule has 0 saturated carbocycles. The van der Waals surface area contributed by atoms with Crippen molar-refractivity contribution in [1.82, 2.24) is 4.98 Å². The van der Waals surface area contributed by atoms with E-state index >= 15 is 0 Å². The number of hydrogen-bond donors (Lipinski definition) is 1. The molecule has 0 radical (unpaired) electrons. The van der Waals surface area contributed by atoms with E-state index in [1.54, 1.807) is 6.20 Å². The van der Waals surface area contributed by atoms with Crippen LogP contribution in [0.2, 0.25) is 5.02 Å². The van der Waals surface area contributed by atoms with E-state index in [9.17, 15) is 0 Å². The molecule has 0 atom stereocenters. The minimum atomic E-state index is 0.481. The van der Waals surface area contributed by atoms with Crippen LogP contribution < -0.4 is 10.6 Å². The summed E-state index contributed by atoms with van der Waals surface area (Å²) in [6.07, 6.45) is 1.81. The summed E-state index contributed by atoms with van der Waals surface area (Å²) in [7, 11) is 0. The Hall–Kier alpha value is -1.58. The summed E-state index contributed by atoms with van der Waals surface area (Å²) >= 11 is 6.33. The number of anilines is 1. The molecule has 2 N–H and O–H groups in total. The molecule has 0 unspecified atom stereocenters. The van der Waals surface area contributed by atoms with Crippen LogP contribution in [-0.2, 0) is 13.1 Å². The van der Waals surface area contributed by atoms with Gasteiger partial charge in [-0.1, -0.05) is 29.8 Å². The normalized spacial score (nSPS) is 10.5. The summed E-state index contributed by atoms with van der Waals surface area (Å²) < 4.78 is 0. The standard InChI is InChI=1S/C15H18ClN3/c1-2-19(11-13-7-3-4-9-18-13)15-12(10-17)6-5-8-14(15)16/h3-9H,2,10-11,17H2,1H3. The zero-order chi connectivity index (χ0) is 13.7. The summed E-state index contributed by atoms with van der Waals surface area (Å²) in [4.78, 5) is 6.56. The van der Waals surface area contributed by atoms with Crippen molar-refractivity contribution < 1.29 is 0 Å². The molecule has 0 aliphatic carbocycles. The topological polar surface area (TPSA) is 42.2 Å². The van der Waals surface area contributed by atoms with Gasteiger partial charge in [-0.2, -0.15) is 0 Å². The van der Waals surface area contributed by atoms with Gasteiger partial charge in [0.2, 0.25) is 0 Å². The molecule has 0 saturated heterocycles. The van der Waals surface area contributed by atoms with Crippen LogP contribution in [0.4, 0.5) is 5.69 Å². The van der Waals surface area contributed by atoms with Crippen LogP contribution in [0.25, 0.3) is 0 Å². The van der Waals surface area contributed by atoms with Gasteiger partial charge in [-0.15, -0.1) is 0 Å². The molecule has 19 heavy (non-hydrogen) atoms. The lowest BCUT2D eigenvalue weighted by molar-refractivity contribution is 0.801. The van der Waals surface area contributed by atoms with Crippen molar-refractivity contribution in [2.24, 2.45) is 5.73 Å². The van der Waals surface area contributed by atoms with E-state index in [0.717, 1.165) is 35.1 Å². The number of hydrogen-bond acceptors (Lipinski definition) is 3. The van der Waals surface area contributed by atoms with Gasteiger partial charge in [0.1, 0.15) is 0 Å². The van der Waals surface area contributed by atoms with E-state index in [1.807, 2.05) is 36.4 Å². The number of para-hydroxylation sites is 1. The fourth-order valence-electron chi connectivity index (χ4n) is 2.12. The maximum absolute atomic E-state index is 6.33. The number of nitrogens with zero attached hydrogens (tertiary/aromatic N) is 2. The number of nitrogens with two attached hydrogens (primary N) is 1. The molecule has 1 aromatic heterocycles. The summed E-state index contributed by atoms with van der Waals surface area (Å²) in [5, 5.41) is 0.737. The first-order valence-corrected chi connectivity index (χ1v) is 6.76. The molecule has 2 rings (SSSR count). The van der Waals surface area contributed by atoms with Crippen LogP contribution in [0.15, 0.2) is 42.6 Å². The highest BCUT2D eigenvalue weighted by atomic mass is 35.5. The molecule has 0 bridgehead atoms. The van der Waals surface area contributed by atoms with Gasteiger partial charge in [-0.05, 0) is 30.7 Å². The van der Waals surface area contributed by atoms with Crippen molar-refractivity contribution in [1.29, 1.82) is 0 Å². The predicted molar refractivity (Wildman–Crippen MR) is 80.3 cm³/mol. The monoisotopic (exact) mass is 275 g/mol. The molecular formula is C15H18ClN3. The summed E-state index contributed by atoms with van der Waals surface area (Å²) in [5.41, 5.74) is 8.90. The van der Waals surface area contributed by atoms with Crippen molar-refractivity contribution in [2.45, 2.75) is 20.0 Å². The molecule has 2 aromatic rings. The zero-order valence-electron chi connectivity index (χ0n) is 11.0. The van der Waals surface area contributed by atoms with Crippen LogP contribution >= 0.6 is 11.6 Å². The minimum absolute atomic E-state index is 0.481. The average Bonchev–Trinajstić information content (AvgIpc) is 2.46. The summed E-state index contributed by atoms with van der Waals surface area (Å²) in [6.45, 7) is 4.17.